The number of thioether (sulfide) groups is 1. The van der Waals surface area contributed by atoms with E-state index in [1.807, 2.05) is 55.5 Å². The normalized spacial score (nSPS) is 21.0. The number of nitrogens with zero attached hydrogens (tertiary/aromatic N) is 2. The molecule has 3 amide bonds. The number of thiocarbonyl (C=S) groups is 1. The number of rotatable bonds is 4. The second-order valence-corrected chi connectivity index (χ2v) is 8.64. The van der Waals surface area contributed by atoms with Crippen molar-refractivity contribution in [2.45, 2.75) is 19.4 Å². The summed E-state index contributed by atoms with van der Waals surface area (Å²) in [5.41, 5.74) is 2.54. The molecule has 0 bridgehead atoms. The van der Waals surface area contributed by atoms with Crippen molar-refractivity contribution in [2.75, 3.05) is 4.90 Å². The van der Waals surface area contributed by atoms with Gasteiger partial charge in [-0.3, -0.25) is 19.3 Å². The first-order chi connectivity index (χ1) is 14.5. The fraction of sp³-hybridized carbons (Fsp3) is 0.130. The molecule has 0 aromatic heterocycles. The van der Waals surface area contributed by atoms with E-state index in [0.717, 1.165) is 27.8 Å². The highest BCUT2D eigenvalue weighted by molar-refractivity contribution is 8.26. The molecule has 5 nitrogen and oxygen atoms in total. The zero-order chi connectivity index (χ0) is 21.3. The number of imide groups is 1. The molecule has 0 spiro atoms. The summed E-state index contributed by atoms with van der Waals surface area (Å²) in [4.78, 5) is 41.3. The van der Waals surface area contributed by atoms with Crippen molar-refractivity contribution < 1.29 is 14.4 Å². The van der Waals surface area contributed by atoms with Crippen LogP contribution in [0.4, 0.5) is 5.69 Å². The Balaban J connectivity index is 1.53. The van der Waals surface area contributed by atoms with Crippen LogP contribution in [0.2, 0.25) is 0 Å². The topological polar surface area (TPSA) is 57.7 Å². The van der Waals surface area contributed by atoms with Gasteiger partial charge in [0.2, 0.25) is 5.91 Å². The Bertz CT molecular complexity index is 1090. The number of allylic oxidation sites excluding steroid dienone is 2. The maximum absolute atomic E-state index is 13.0. The molecular weight excluding hydrogens is 416 g/mol. The molecule has 2 aliphatic heterocycles. The highest BCUT2D eigenvalue weighted by Gasteiger charge is 2.48. The van der Waals surface area contributed by atoms with Crippen molar-refractivity contribution in [3.63, 3.8) is 0 Å². The summed E-state index contributed by atoms with van der Waals surface area (Å²) < 4.78 is 0.288. The van der Waals surface area contributed by atoms with Crippen molar-refractivity contribution >= 4 is 57.8 Å². The molecule has 2 heterocycles. The molecule has 2 aromatic carbocycles. The smallest absolute Gasteiger partial charge is 0.266 e. The highest BCUT2D eigenvalue weighted by Crippen LogP contribution is 2.36. The summed E-state index contributed by atoms with van der Waals surface area (Å²) in [6.07, 6.45) is 5.27. The van der Waals surface area contributed by atoms with Crippen molar-refractivity contribution in [3.8, 4) is 0 Å². The summed E-state index contributed by atoms with van der Waals surface area (Å²) in [6.45, 7) is 1.93. The van der Waals surface area contributed by atoms with Crippen molar-refractivity contribution in [1.82, 2.24) is 4.90 Å². The third kappa shape index (κ3) is 3.86. The zero-order valence-corrected chi connectivity index (χ0v) is 17.8. The first-order valence-corrected chi connectivity index (χ1v) is 10.6. The maximum Gasteiger partial charge on any atom is 0.266 e. The second kappa shape index (κ2) is 8.38. The lowest BCUT2D eigenvalue weighted by molar-refractivity contribution is -0.130. The molecule has 0 aliphatic carbocycles. The average Bonchev–Trinajstić information content (AvgIpc) is 3.18. The largest absolute Gasteiger partial charge is 0.280 e. The van der Waals surface area contributed by atoms with Crippen LogP contribution in [0.25, 0.3) is 6.08 Å². The molecule has 0 unspecified atom stereocenters. The van der Waals surface area contributed by atoms with Crippen LogP contribution in [0.5, 0.6) is 0 Å². The van der Waals surface area contributed by atoms with Crippen LogP contribution < -0.4 is 4.90 Å². The summed E-state index contributed by atoms with van der Waals surface area (Å²) in [6, 6.07) is 15.9. The van der Waals surface area contributed by atoms with Gasteiger partial charge >= 0.3 is 0 Å². The Labute approximate surface area is 184 Å². The molecule has 4 rings (SSSR count). The van der Waals surface area contributed by atoms with E-state index in [4.69, 9.17) is 12.2 Å². The predicted molar refractivity (Wildman–Crippen MR) is 123 cm³/mol. The number of hydrogen-bond donors (Lipinski definition) is 0. The fourth-order valence-electron chi connectivity index (χ4n) is 3.36. The summed E-state index contributed by atoms with van der Waals surface area (Å²) in [5.74, 6) is -1.11. The van der Waals surface area contributed by atoms with E-state index >= 15 is 0 Å². The van der Waals surface area contributed by atoms with Crippen LogP contribution in [0, 0.1) is 6.92 Å². The van der Waals surface area contributed by atoms with Crippen LogP contribution in [0.3, 0.4) is 0 Å². The van der Waals surface area contributed by atoms with Gasteiger partial charge in [0.15, 0.2) is 0 Å². The van der Waals surface area contributed by atoms with E-state index < -0.39 is 11.9 Å². The number of aryl methyl sites for hydroxylation is 1. The lowest BCUT2D eigenvalue weighted by atomic mass is 10.2. The number of anilines is 1. The molecule has 0 N–H and O–H groups in total. The molecule has 2 aliphatic rings. The van der Waals surface area contributed by atoms with Crippen LogP contribution in [0.1, 0.15) is 17.5 Å². The number of benzene rings is 2. The summed E-state index contributed by atoms with van der Waals surface area (Å²) >= 11 is 6.50. The van der Waals surface area contributed by atoms with Crippen molar-refractivity contribution in [3.05, 3.63) is 82.8 Å². The molecule has 2 fully saturated rings. The number of carbonyl (C=O) groups excluding carboxylic acids is 3. The minimum Gasteiger partial charge on any atom is -0.280 e. The minimum absolute atomic E-state index is 0.0771. The standard InChI is InChI=1S/C23H18N2O3S2/c1-15-10-12-17(13-11-15)24-20(26)14-18(21(24)27)25-22(28)19(30-23(25)29)9-5-8-16-6-3-2-4-7-16/h2-13,18H,14H2,1H3/b8-5+,19-9-/t18-/m0/s1. The molecule has 0 radical (unpaired) electrons. The molecule has 150 valence electrons. The van der Waals surface area contributed by atoms with Gasteiger partial charge in [0, 0.05) is 0 Å². The maximum atomic E-state index is 13.0. The van der Waals surface area contributed by atoms with Crippen molar-refractivity contribution in [1.29, 1.82) is 0 Å². The van der Waals surface area contributed by atoms with Gasteiger partial charge in [0.1, 0.15) is 10.4 Å². The van der Waals surface area contributed by atoms with Gasteiger partial charge in [-0.25, -0.2) is 4.90 Å². The van der Waals surface area contributed by atoms with E-state index in [2.05, 4.69) is 0 Å². The first kappa shape index (κ1) is 20.3. The molecule has 2 aromatic rings. The van der Waals surface area contributed by atoms with E-state index in [1.165, 1.54) is 4.90 Å². The molecule has 1 atom stereocenters. The van der Waals surface area contributed by atoms with Crippen LogP contribution in [-0.2, 0) is 14.4 Å². The van der Waals surface area contributed by atoms with Gasteiger partial charge < -0.3 is 0 Å². The quantitative estimate of drug-likeness (QED) is 0.412. The number of amides is 3. The van der Waals surface area contributed by atoms with Gasteiger partial charge in [0.05, 0.1) is 17.0 Å². The van der Waals surface area contributed by atoms with Crippen molar-refractivity contribution in [2.24, 2.45) is 0 Å². The highest BCUT2D eigenvalue weighted by atomic mass is 32.2. The molecule has 7 heteroatoms. The average molecular weight is 435 g/mol. The second-order valence-electron chi connectivity index (χ2n) is 6.97. The molecular formula is C23H18N2O3S2. The monoisotopic (exact) mass is 434 g/mol. The van der Waals surface area contributed by atoms with Crippen LogP contribution >= 0.6 is 24.0 Å². The summed E-state index contributed by atoms with van der Waals surface area (Å²) in [7, 11) is 0. The Morgan fingerprint density at radius 3 is 2.43 bits per heavy atom. The lowest BCUT2D eigenvalue weighted by Crippen LogP contribution is -2.44. The van der Waals surface area contributed by atoms with Gasteiger partial charge in [-0.15, -0.1) is 0 Å². The minimum atomic E-state index is -0.907. The van der Waals surface area contributed by atoms with E-state index in [0.29, 0.717) is 10.6 Å². The molecule has 2 saturated heterocycles. The zero-order valence-electron chi connectivity index (χ0n) is 16.1. The van der Waals surface area contributed by atoms with E-state index in [9.17, 15) is 14.4 Å². The molecule has 0 saturated carbocycles. The Kier molecular flexibility index (Phi) is 5.65. The van der Waals surface area contributed by atoms with E-state index in [1.54, 1.807) is 24.3 Å². The van der Waals surface area contributed by atoms with Crippen LogP contribution in [-0.4, -0.2) is 33.0 Å². The van der Waals surface area contributed by atoms with Gasteiger partial charge in [-0.2, -0.15) is 0 Å². The van der Waals surface area contributed by atoms with E-state index in [-0.39, 0.29) is 22.6 Å². The predicted octanol–water partition coefficient (Wildman–Crippen LogP) is 4.08. The number of carbonyl (C=O) groups is 3. The lowest BCUT2D eigenvalue weighted by Gasteiger charge is -2.21. The summed E-state index contributed by atoms with van der Waals surface area (Å²) in [5, 5.41) is 0. The molecule has 30 heavy (non-hydrogen) atoms. The number of hydrogen-bond acceptors (Lipinski definition) is 5. The first-order valence-electron chi connectivity index (χ1n) is 9.38. The van der Waals surface area contributed by atoms with Crippen LogP contribution in [0.15, 0.2) is 71.7 Å². The Hall–Kier alpha value is -3.03. The Morgan fingerprint density at radius 2 is 1.73 bits per heavy atom. The third-order valence-corrected chi connectivity index (χ3v) is 6.23. The van der Waals surface area contributed by atoms with Gasteiger partial charge in [-0.1, -0.05) is 84.2 Å². The van der Waals surface area contributed by atoms with Gasteiger partial charge in [0.25, 0.3) is 11.8 Å². The van der Waals surface area contributed by atoms with Gasteiger partial charge in [-0.05, 0) is 30.7 Å². The third-order valence-electron chi connectivity index (χ3n) is 4.89. The Morgan fingerprint density at radius 1 is 1.03 bits per heavy atom. The fourth-order valence-corrected chi connectivity index (χ4v) is 4.66. The SMILES string of the molecule is Cc1ccc(N2C(=O)C[C@H](N3C(=O)/C(=C/C=C/c4ccccc4)SC3=S)C2=O)cc1.